The summed E-state index contributed by atoms with van der Waals surface area (Å²) in [4.78, 5) is 11.2. The Morgan fingerprint density at radius 3 is 2.40 bits per heavy atom. The summed E-state index contributed by atoms with van der Waals surface area (Å²) >= 11 is 6.02. The highest BCUT2D eigenvalue weighted by atomic mass is 35.5. The van der Waals surface area contributed by atoms with Crippen molar-refractivity contribution in [3.8, 4) is 23.3 Å². The van der Waals surface area contributed by atoms with Crippen molar-refractivity contribution in [1.82, 2.24) is 19.4 Å². The van der Waals surface area contributed by atoms with E-state index in [9.17, 15) is 5.26 Å². The van der Waals surface area contributed by atoms with Crippen LogP contribution in [0.15, 0.2) is 79.1 Å². The monoisotopic (exact) mass is 619 g/mol. The molecule has 0 amide bonds. The lowest BCUT2D eigenvalue weighted by Crippen LogP contribution is -2.33. The van der Waals surface area contributed by atoms with Crippen molar-refractivity contribution in [1.29, 1.82) is 5.26 Å². The van der Waals surface area contributed by atoms with Crippen LogP contribution in [0.25, 0.3) is 16.6 Å². The van der Waals surface area contributed by atoms with Gasteiger partial charge >= 0.3 is 0 Å². The second kappa shape index (κ2) is 14.8. The van der Waals surface area contributed by atoms with E-state index in [2.05, 4.69) is 52.0 Å². The van der Waals surface area contributed by atoms with Gasteiger partial charge in [-0.05, 0) is 130 Å². The first-order valence-corrected chi connectivity index (χ1v) is 16.8. The number of H-pyrrole nitrogens is 1. The van der Waals surface area contributed by atoms with E-state index in [0.29, 0.717) is 10.9 Å². The van der Waals surface area contributed by atoms with Crippen LogP contribution in [0.2, 0.25) is 5.02 Å². The van der Waals surface area contributed by atoms with Crippen LogP contribution in [-0.4, -0.2) is 39.1 Å². The van der Waals surface area contributed by atoms with Gasteiger partial charge in [0.15, 0.2) is 0 Å². The maximum absolute atomic E-state index is 9.26. The Kier molecular flexibility index (Phi) is 10.2. The second-order valence-corrected chi connectivity index (χ2v) is 12.7. The van der Waals surface area contributed by atoms with Gasteiger partial charge in [-0.15, -0.1) is 0 Å². The Bertz CT molecular complexity index is 1720. The van der Waals surface area contributed by atoms with E-state index in [4.69, 9.17) is 21.3 Å². The number of halogens is 1. The Labute approximate surface area is 271 Å². The van der Waals surface area contributed by atoms with Crippen molar-refractivity contribution >= 4 is 22.5 Å². The van der Waals surface area contributed by atoms with Crippen LogP contribution in [0.3, 0.4) is 0 Å². The molecular formula is C38H42ClN5O. The number of aromatic nitrogens is 3. The van der Waals surface area contributed by atoms with E-state index < -0.39 is 0 Å². The number of nitrogens with zero attached hydrogens (tertiary/aromatic N) is 4. The summed E-state index contributed by atoms with van der Waals surface area (Å²) in [5, 5.41) is 11.1. The van der Waals surface area contributed by atoms with Crippen LogP contribution < -0.4 is 4.74 Å². The molecule has 1 N–H and O–H groups in total. The number of piperidine rings is 1. The molecule has 232 valence electrons. The van der Waals surface area contributed by atoms with Gasteiger partial charge < -0.3 is 19.2 Å². The highest BCUT2D eigenvalue weighted by Gasteiger charge is 2.24. The molecule has 2 aromatic heterocycles. The third-order valence-corrected chi connectivity index (χ3v) is 9.29. The lowest BCUT2D eigenvalue weighted by Gasteiger charge is -2.31. The van der Waals surface area contributed by atoms with E-state index in [0.717, 1.165) is 92.3 Å². The lowest BCUT2D eigenvalue weighted by atomic mass is 9.94. The Balaban J connectivity index is 1.03. The predicted octanol–water partition coefficient (Wildman–Crippen LogP) is 9.61. The van der Waals surface area contributed by atoms with Crippen LogP contribution >= 0.6 is 11.6 Å². The SMILES string of the molecule is CCCCCc1nc(C2CCN(CCCCc3c[nH]c4ccc(C#N)cc34)CC2)cn1-c1ccc(Oc2ccc(Cl)cc2)cc1. The smallest absolute Gasteiger partial charge is 0.127 e. The summed E-state index contributed by atoms with van der Waals surface area (Å²) in [6.45, 7) is 5.63. The fraction of sp³-hybridized carbons (Fsp3) is 0.368. The normalized spacial score (nSPS) is 14.2. The van der Waals surface area contributed by atoms with Gasteiger partial charge in [0.25, 0.3) is 0 Å². The highest BCUT2D eigenvalue weighted by Crippen LogP contribution is 2.31. The topological polar surface area (TPSA) is 69.9 Å². The van der Waals surface area contributed by atoms with Gasteiger partial charge in [0.05, 0.1) is 17.3 Å². The minimum Gasteiger partial charge on any atom is -0.457 e. The van der Waals surface area contributed by atoms with Crippen LogP contribution in [0, 0.1) is 11.3 Å². The average molecular weight is 620 g/mol. The molecule has 0 aliphatic carbocycles. The number of imidazole rings is 1. The summed E-state index contributed by atoms with van der Waals surface area (Å²) in [6, 6.07) is 23.9. The number of hydrogen-bond donors (Lipinski definition) is 1. The third kappa shape index (κ3) is 7.79. The molecule has 6 nitrogen and oxygen atoms in total. The van der Waals surface area contributed by atoms with Gasteiger partial charge in [-0.25, -0.2) is 4.98 Å². The third-order valence-electron chi connectivity index (χ3n) is 9.04. The maximum Gasteiger partial charge on any atom is 0.127 e. The molecule has 0 radical (unpaired) electrons. The first kappa shape index (κ1) is 31.0. The molecule has 1 saturated heterocycles. The van der Waals surface area contributed by atoms with Gasteiger partial charge in [0, 0.05) is 46.3 Å². The highest BCUT2D eigenvalue weighted by molar-refractivity contribution is 6.30. The van der Waals surface area contributed by atoms with Crippen molar-refractivity contribution < 1.29 is 4.74 Å². The number of aromatic amines is 1. The number of nitriles is 1. The van der Waals surface area contributed by atoms with Gasteiger partial charge in [-0.2, -0.15) is 5.26 Å². The largest absolute Gasteiger partial charge is 0.457 e. The molecule has 45 heavy (non-hydrogen) atoms. The Morgan fingerprint density at radius 1 is 0.933 bits per heavy atom. The van der Waals surface area contributed by atoms with Crippen molar-refractivity contribution in [3.63, 3.8) is 0 Å². The molecule has 5 aromatic rings. The zero-order valence-electron chi connectivity index (χ0n) is 26.1. The number of likely N-dealkylation sites (tertiary alicyclic amines) is 1. The zero-order chi connectivity index (χ0) is 31.0. The quantitative estimate of drug-likeness (QED) is 0.133. The summed E-state index contributed by atoms with van der Waals surface area (Å²) in [6.07, 6.45) is 14.6. The molecule has 7 heteroatoms. The number of benzene rings is 3. The van der Waals surface area contributed by atoms with Crippen LogP contribution in [0.4, 0.5) is 0 Å². The van der Waals surface area contributed by atoms with Crippen molar-refractivity contribution in [2.24, 2.45) is 0 Å². The van der Waals surface area contributed by atoms with Gasteiger partial charge in [-0.1, -0.05) is 31.4 Å². The molecule has 6 rings (SSSR count). The molecule has 0 spiro atoms. The number of unbranched alkanes of at least 4 members (excludes halogenated alkanes) is 3. The van der Waals surface area contributed by atoms with Crippen molar-refractivity contribution in [2.75, 3.05) is 19.6 Å². The van der Waals surface area contributed by atoms with E-state index in [1.54, 1.807) is 0 Å². The number of fused-ring (bicyclic) bond motifs is 1. The maximum atomic E-state index is 9.26. The summed E-state index contributed by atoms with van der Waals surface area (Å²) in [7, 11) is 0. The minimum absolute atomic E-state index is 0.500. The molecule has 1 fully saturated rings. The first-order chi connectivity index (χ1) is 22.1. The molecule has 1 aliphatic rings. The molecule has 0 saturated carbocycles. The fourth-order valence-electron chi connectivity index (χ4n) is 6.44. The van der Waals surface area contributed by atoms with E-state index in [1.165, 1.54) is 35.9 Å². The lowest BCUT2D eigenvalue weighted by molar-refractivity contribution is 0.207. The summed E-state index contributed by atoms with van der Waals surface area (Å²) < 4.78 is 8.32. The number of nitrogens with one attached hydrogen (secondary N) is 1. The number of rotatable bonds is 13. The van der Waals surface area contributed by atoms with E-state index in [1.807, 2.05) is 54.6 Å². The van der Waals surface area contributed by atoms with Crippen molar-refractivity contribution in [2.45, 2.75) is 70.6 Å². The van der Waals surface area contributed by atoms with Crippen LogP contribution in [-0.2, 0) is 12.8 Å². The molecule has 0 unspecified atom stereocenters. The Hall–Kier alpha value is -4.05. The Morgan fingerprint density at radius 2 is 1.67 bits per heavy atom. The molecule has 1 aliphatic heterocycles. The molecule has 0 atom stereocenters. The first-order valence-electron chi connectivity index (χ1n) is 16.4. The number of hydrogen-bond acceptors (Lipinski definition) is 4. The standard InChI is InChI=1S/C38H42ClN5O/c1-2-3-4-8-38-42-37(27-44(38)32-12-16-34(17-13-32)45-33-14-10-31(39)11-15-33)29-19-22-43(23-20-29)21-6-5-7-30-26-41-36-18-9-28(25-40)24-35(30)36/h9-18,24,26-27,29,41H,2-8,19-23H2,1H3. The second-order valence-electron chi connectivity index (χ2n) is 12.2. The van der Waals surface area contributed by atoms with Gasteiger partial charge in [-0.3, -0.25) is 0 Å². The average Bonchev–Trinajstić information content (AvgIpc) is 3.69. The zero-order valence-corrected chi connectivity index (χ0v) is 26.9. The summed E-state index contributed by atoms with van der Waals surface area (Å²) in [5.74, 6) is 3.23. The molecule has 0 bridgehead atoms. The summed E-state index contributed by atoms with van der Waals surface area (Å²) in [5.41, 5.74) is 5.51. The molecular weight excluding hydrogens is 578 g/mol. The van der Waals surface area contributed by atoms with Crippen LogP contribution in [0.5, 0.6) is 11.5 Å². The molecule has 3 aromatic carbocycles. The molecule has 3 heterocycles. The number of aryl methyl sites for hydroxylation is 2. The van der Waals surface area contributed by atoms with E-state index in [-0.39, 0.29) is 0 Å². The van der Waals surface area contributed by atoms with E-state index >= 15 is 0 Å². The minimum atomic E-state index is 0.500. The predicted molar refractivity (Wildman–Crippen MR) is 183 cm³/mol. The van der Waals surface area contributed by atoms with Gasteiger partial charge in [0.2, 0.25) is 0 Å². The van der Waals surface area contributed by atoms with Crippen molar-refractivity contribution in [3.05, 3.63) is 107 Å². The fourth-order valence-corrected chi connectivity index (χ4v) is 6.57. The number of ether oxygens (including phenoxy) is 1. The van der Waals surface area contributed by atoms with Crippen LogP contribution in [0.1, 0.15) is 80.4 Å². The van der Waals surface area contributed by atoms with Gasteiger partial charge in [0.1, 0.15) is 17.3 Å².